The number of aryl methyl sites for hydroxylation is 2. The van der Waals surface area contributed by atoms with Crippen molar-refractivity contribution in [3.63, 3.8) is 0 Å². The van der Waals surface area contributed by atoms with Gasteiger partial charge in [-0.05, 0) is 60.9 Å². The molecular weight excluding hydrogens is 356 g/mol. The molecule has 28 heavy (non-hydrogen) atoms. The Morgan fingerprint density at radius 2 is 1.82 bits per heavy atom. The third-order valence-electron chi connectivity index (χ3n) is 6.33. The van der Waals surface area contributed by atoms with Gasteiger partial charge in [0.25, 0.3) is 5.91 Å². The molecule has 1 aromatic heterocycles. The van der Waals surface area contributed by atoms with Crippen LogP contribution in [0.5, 0.6) is 0 Å². The highest BCUT2D eigenvalue weighted by Crippen LogP contribution is 2.29. The molecule has 0 spiro atoms. The van der Waals surface area contributed by atoms with Crippen LogP contribution < -0.4 is 5.63 Å². The third kappa shape index (κ3) is 3.35. The van der Waals surface area contributed by atoms with E-state index in [1.165, 1.54) is 17.5 Å². The second-order valence-corrected chi connectivity index (χ2v) is 8.16. The minimum absolute atomic E-state index is 0.138. The van der Waals surface area contributed by atoms with Crippen molar-refractivity contribution in [3.05, 3.63) is 45.3 Å². The molecule has 148 valence electrons. The summed E-state index contributed by atoms with van der Waals surface area (Å²) in [6.07, 6.45) is 4.93. The van der Waals surface area contributed by atoms with E-state index in [1.54, 1.807) is 6.07 Å². The molecule has 0 N–H and O–H groups in total. The van der Waals surface area contributed by atoms with E-state index in [0.717, 1.165) is 49.7 Å². The van der Waals surface area contributed by atoms with Crippen LogP contribution in [-0.4, -0.2) is 54.6 Å². The number of fused-ring (bicyclic) bond motifs is 2. The first kappa shape index (κ1) is 17.9. The predicted molar refractivity (Wildman–Crippen MR) is 105 cm³/mol. The molecule has 2 aromatic rings. The lowest BCUT2D eigenvalue weighted by molar-refractivity contribution is -0.142. The number of amides is 1. The zero-order valence-electron chi connectivity index (χ0n) is 16.1. The Bertz CT molecular complexity index is 953. The molecule has 5 rings (SSSR count). The van der Waals surface area contributed by atoms with Crippen molar-refractivity contribution in [2.75, 3.05) is 32.8 Å². The Morgan fingerprint density at radius 1 is 1.04 bits per heavy atom. The number of nitrogens with zero attached hydrogens (tertiary/aromatic N) is 2. The van der Waals surface area contributed by atoms with E-state index in [1.807, 2.05) is 4.90 Å². The molecule has 6 nitrogen and oxygen atoms in total. The molecule has 0 radical (unpaired) electrons. The maximum Gasteiger partial charge on any atom is 0.336 e. The van der Waals surface area contributed by atoms with Gasteiger partial charge in [-0.3, -0.25) is 9.69 Å². The Morgan fingerprint density at radius 3 is 2.57 bits per heavy atom. The molecule has 2 saturated heterocycles. The Balaban J connectivity index is 1.31. The number of piperazine rings is 1. The van der Waals surface area contributed by atoms with Crippen LogP contribution in [0.15, 0.2) is 27.4 Å². The highest BCUT2D eigenvalue weighted by molar-refractivity contribution is 5.82. The van der Waals surface area contributed by atoms with Crippen molar-refractivity contribution in [1.29, 1.82) is 0 Å². The zero-order chi connectivity index (χ0) is 19.1. The predicted octanol–water partition coefficient (Wildman–Crippen LogP) is 2.10. The molecule has 3 heterocycles. The van der Waals surface area contributed by atoms with E-state index in [2.05, 4.69) is 17.0 Å². The van der Waals surface area contributed by atoms with Crippen molar-refractivity contribution in [3.8, 4) is 0 Å². The molecule has 0 saturated carbocycles. The largest absolute Gasteiger partial charge is 0.423 e. The summed E-state index contributed by atoms with van der Waals surface area (Å²) in [4.78, 5) is 28.9. The summed E-state index contributed by atoms with van der Waals surface area (Å²) >= 11 is 0. The summed E-state index contributed by atoms with van der Waals surface area (Å²) in [5.41, 5.74) is 4.14. The fourth-order valence-corrected chi connectivity index (χ4v) is 4.77. The van der Waals surface area contributed by atoms with Gasteiger partial charge in [0, 0.05) is 50.8 Å². The molecule has 0 unspecified atom stereocenters. The van der Waals surface area contributed by atoms with Crippen LogP contribution in [-0.2, 0) is 28.9 Å². The maximum atomic E-state index is 12.5. The number of ether oxygens (including phenoxy) is 1. The first-order valence-corrected chi connectivity index (χ1v) is 10.4. The van der Waals surface area contributed by atoms with Crippen LogP contribution >= 0.6 is 0 Å². The van der Waals surface area contributed by atoms with Crippen molar-refractivity contribution in [2.45, 2.75) is 44.8 Å². The number of hydrogen-bond donors (Lipinski definition) is 0. The quantitative estimate of drug-likeness (QED) is 0.761. The molecule has 1 aliphatic carbocycles. The minimum Gasteiger partial charge on any atom is -0.423 e. The number of carbonyl (C=O) groups excluding carboxylic acids is 1. The van der Waals surface area contributed by atoms with Crippen molar-refractivity contribution < 1.29 is 13.9 Å². The fourth-order valence-electron chi connectivity index (χ4n) is 4.77. The van der Waals surface area contributed by atoms with Crippen LogP contribution in [0.25, 0.3) is 11.0 Å². The van der Waals surface area contributed by atoms with Crippen molar-refractivity contribution in [2.24, 2.45) is 0 Å². The van der Waals surface area contributed by atoms with Crippen LogP contribution in [0.1, 0.15) is 36.0 Å². The number of hydrogen-bond acceptors (Lipinski definition) is 5. The average molecular weight is 382 g/mol. The highest BCUT2D eigenvalue weighted by Gasteiger charge is 2.30. The lowest BCUT2D eigenvalue weighted by Crippen LogP contribution is -2.51. The SMILES string of the molecule is O=C([C@H]1CCCO1)N1CCN(Cc2cc(=O)oc3cc4c(cc23)CCC4)CC1. The van der Waals surface area contributed by atoms with Gasteiger partial charge >= 0.3 is 5.63 Å². The summed E-state index contributed by atoms with van der Waals surface area (Å²) in [6, 6.07) is 5.90. The zero-order valence-corrected chi connectivity index (χ0v) is 16.1. The van der Waals surface area contributed by atoms with Gasteiger partial charge in [-0.15, -0.1) is 0 Å². The van der Waals surface area contributed by atoms with Gasteiger partial charge in [0.2, 0.25) is 0 Å². The molecule has 1 amide bonds. The Kier molecular flexibility index (Phi) is 4.69. The standard InChI is InChI=1S/C22H26N2O4/c25-21-13-17(18-11-15-3-1-4-16(15)12-20(18)28-21)14-23-6-8-24(9-7-23)22(26)19-5-2-10-27-19/h11-13,19H,1-10,14H2/t19-/m1/s1. The summed E-state index contributed by atoms with van der Waals surface area (Å²) < 4.78 is 11.0. The second-order valence-electron chi connectivity index (χ2n) is 8.16. The van der Waals surface area contributed by atoms with Gasteiger partial charge in [0.15, 0.2) is 0 Å². The summed E-state index contributed by atoms with van der Waals surface area (Å²) in [7, 11) is 0. The van der Waals surface area contributed by atoms with E-state index in [4.69, 9.17) is 9.15 Å². The van der Waals surface area contributed by atoms with Crippen LogP contribution in [0.2, 0.25) is 0 Å². The Hall–Kier alpha value is -2.18. The third-order valence-corrected chi connectivity index (χ3v) is 6.33. The van der Waals surface area contributed by atoms with Gasteiger partial charge in [0.1, 0.15) is 11.7 Å². The molecule has 1 atom stereocenters. The minimum atomic E-state index is -0.285. The van der Waals surface area contributed by atoms with Crippen molar-refractivity contribution >= 4 is 16.9 Å². The monoisotopic (exact) mass is 382 g/mol. The molecule has 2 aliphatic heterocycles. The first-order chi connectivity index (χ1) is 13.7. The summed E-state index contributed by atoms with van der Waals surface area (Å²) in [6.45, 7) is 4.46. The topological polar surface area (TPSA) is 63.0 Å². The smallest absolute Gasteiger partial charge is 0.336 e. The molecular formula is C22H26N2O4. The number of benzene rings is 1. The van der Waals surface area contributed by atoms with Gasteiger partial charge in [-0.25, -0.2) is 4.79 Å². The van der Waals surface area contributed by atoms with Crippen LogP contribution in [0.3, 0.4) is 0 Å². The summed E-state index contributed by atoms with van der Waals surface area (Å²) in [5.74, 6) is 0.138. The Labute approximate surface area is 164 Å². The molecule has 6 heteroatoms. The lowest BCUT2D eigenvalue weighted by Gasteiger charge is -2.35. The maximum absolute atomic E-state index is 12.5. The van der Waals surface area contributed by atoms with Crippen LogP contribution in [0, 0.1) is 0 Å². The lowest BCUT2D eigenvalue weighted by atomic mass is 10.0. The van der Waals surface area contributed by atoms with Gasteiger partial charge in [-0.1, -0.05) is 0 Å². The second kappa shape index (κ2) is 7.33. The fraction of sp³-hybridized carbons (Fsp3) is 0.545. The number of carbonyl (C=O) groups is 1. The van der Waals surface area contributed by atoms with Gasteiger partial charge in [0.05, 0.1) is 0 Å². The normalized spacial score (nSPS) is 22.7. The van der Waals surface area contributed by atoms with E-state index >= 15 is 0 Å². The average Bonchev–Trinajstić information content (AvgIpc) is 3.38. The molecule has 2 fully saturated rings. The van der Waals surface area contributed by atoms with E-state index < -0.39 is 0 Å². The molecule has 1 aromatic carbocycles. The molecule has 3 aliphatic rings. The van der Waals surface area contributed by atoms with E-state index in [-0.39, 0.29) is 17.6 Å². The summed E-state index contributed by atoms with van der Waals surface area (Å²) in [5, 5.41) is 1.05. The van der Waals surface area contributed by atoms with E-state index in [9.17, 15) is 9.59 Å². The van der Waals surface area contributed by atoms with Crippen molar-refractivity contribution in [1.82, 2.24) is 9.80 Å². The van der Waals surface area contributed by atoms with Gasteiger partial charge in [-0.2, -0.15) is 0 Å². The first-order valence-electron chi connectivity index (χ1n) is 10.4. The molecule has 0 bridgehead atoms. The highest BCUT2D eigenvalue weighted by atomic mass is 16.5. The van der Waals surface area contributed by atoms with E-state index in [0.29, 0.717) is 31.8 Å². The number of rotatable bonds is 3. The van der Waals surface area contributed by atoms with Gasteiger partial charge < -0.3 is 14.1 Å². The van der Waals surface area contributed by atoms with Crippen LogP contribution in [0.4, 0.5) is 0 Å².